The molecule has 2 N–H and O–H groups in total. The van der Waals surface area contributed by atoms with Gasteiger partial charge in [-0.25, -0.2) is 0 Å². The number of methoxy groups -OCH3 is 1. The SMILES string of the molecule is COCCNC(=O)C(C)NC1CC2CCC1(C)C2(C)C. The van der Waals surface area contributed by atoms with Crippen LogP contribution in [0, 0.1) is 16.7 Å². The standard InChI is InChI=1S/C16H30N2O2/c1-11(14(19)17-8-9-20-5)18-13-10-12-6-7-16(13,4)15(12,2)3/h11-13,18H,6-10H2,1-5H3,(H,17,19). The molecule has 0 heterocycles. The summed E-state index contributed by atoms with van der Waals surface area (Å²) in [6, 6.07) is 0.322. The van der Waals surface area contributed by atoms with E-state index in [1.54, 1.807) is 7.11 Å². The van der Waals surface area contributed by atoms with Gasteiger partial charge in [0, 0.05) is 19.7 Å². The van der Waals surface area contributed by atoms with Gasteiger partial charge in [-0.2, -0.15) is 0 Å². The molecule has 2 rings (SSSR count). The second kappa shape index (κ2) is 5.64. The summed E-state index contributed by atoms with van der Waals surface area (Å²) >= 11 is 0. The van der Waals surface area contributed by atoms with Crippen molar-refractivity contribution in [2.24, 2.45) is 16.7 Å². The minimum atomic E-state index is -0.135. The molecule has 1 amide bonds. The van der Waals surface area contributed by atoms with E-state index >= 15 is 0 Å². The molecular formula is C16H30N2O2. The van der Waals surface area contributed by atoms with Gasteiger partial charge in [-0.1, -0.05) is 20.8 Å². The number of rotatable bonds is 6. The first kappa shape index (κ1) is 15.8. The van der Waals surface area contributed by atoms with E-state index in [0.717, 1.165) is 5.92 Å². The first-order valence-corrected chi connectivity index (χ1v) is 7.85. The molecule has 4 atom stereocenters. The minimum absolute atomic E-state index is 0.0752. The first-order valence-electron chi connectivity index (χ1n) is 7.85. The van der Waals surface area contributed by atoms with Crippen LogP contribution >= 0.6 is 0 Å². The Kier molecular flexibility index (Phi) is 4.45. The van der Waals surface area contributed by atoms with Crippen molar-refractivity contribution < 1.29 is 9.53 Å². The average Bonchev–Trinajstić information content (AvgIpc) is 2.72. The molecule has 20 heavy (non-hydrogen) atoms. The predicted octanol–water partition coefficient (Wildman–Crippen LogP) is 1.94. The van der Waals surface area contributed by atoms with Crippen molar-refractivity contribution in [3.8, 4) is 0 Å². The lowest BCUT2D eigenvalue weighted by atomic mass is 9.69. The number of nitrogens with one attached hydrogen (secondary N) is 2. The maximum atomic E-state index is 12.0. The molecule has 4 unspecified atom stereocenters. The fourth-order valence-corrected chi connectivity index (χ4v) is 4.26. The molecule has 0 aliphatic heterocycles. The van der Waals surface area contributed by atoms with Crippen molar-refractivity contribution in [2.75, 3.05) is 20.3 Å². The van der Waals surface area contributed by atoms with E-state index in [2.05, 4.69) is 31.4 Å². The normalized spacial score (nSPS) is 36.0. The Labute approximate surface area is 123 Å². The summed E-state index contributed by atoms with van der Waals surface area (Å²) in [5, 5.41) is 6.49. The zero-order valence-corrected chi connectivity index (χ0v) is 13.6. The van der Waals surface area contributed by atoms with Crippen LogP contribution in [0.4, 0.5) is 0 Å². The van der Waals surface area contributed by atoms with E-state index in [4.69, 9.17) is 4.74 Å². The van der Waals surface area contributed by atoms with Crippen molar-refractivity contribution in [1.82, 2.24) is 10.6 Å². The molecule has 2 aliphatic rings. The topological polar surface area (TPSA) is 50.4 Å². The van der Waals surface area contributed by atoms with E-state index in [-0.39, 0.29) is 11.9 Å². The van der Waals surface area contributed by atoms with Gasteiger partial charge in [0.25, 0.3) is 0 Å². The van der Waals surface area contributed by atoms with Crippen LogP contribution in [0.15, 0.2) is 0 Å². The molecular weight excluding hydrogens is 252 g/mol. The van der Waals surface area contributed by atoms with Gasteiger partial charge < -0.3 is 15.4 Å². The molecule has 0 aromatic heterocycles. The van der Waals surface area contributed by atoms with Crippen LogP contribution in [0.2, 0.25) is 0 Å². The fraction of sp³-hybridized carbons (Fsp3) is 0.938. The minimum Gasteiger partial charge on any atom is -0.383 e. The molecule has 116 valence electrons. The molecule has 4 nitrogen and oxygen atoms in total. The smallest absolute Gasteiger partial charge is 0.236 e. The number of carbonyl (C=O) groups excluding carboxylic acids is 1. The fourth-order valence-electron chi connectivity index (χ4n) is 4.26. The lowest BCUT2D eigenvalue weighted by Crippen LogP contribution is -2.52. The Morgan fingerprint density at radius 1 is 1.40 bits per heavy atom. The third-order valence-corrected chi connectivity index (χ3v) is 6.24. The van der Waals surface area contributed by atoms with Crippen LogP contribution in [-0.4, -0.2) is 38.3 Å². The van der Waals surface area contributed by atoms with Gasteiger partial charge in [-0.05, 0) is 42.9 Å². The molecule has 0 aromatic carbocycles. The Bertz CT molecular complexity index is 369. The van der Waals surface area contributed by atoms with E-state index in [1.807, 2.05) is 6.92 Å². The van der Waals surface area contributed by atoms with Crippen molar-refractivity contribution in [3.63, 3.8) is 0 Å². The maximum Gasteiger partial charge on any atom is 0.236 e. The Morgan fingerprint density at radius 3 is 2.60 bits per heavy atom. The van der Waals surface area contributed by atoms with Gasteiger partial charge in [-0.3, -0.25) is 4.79 Å². The summed E-state index contributed by atoms with van der Waals surface area (Å²) < 4.78 is 4.95. The Balaban J connectivity index is 1.90. The molecule has 0 aromatic rings. The largest absolute Gasteiger partial charge is 0.383 e. The summed E-state index contributed by atoms with van der Waals surface area (Å²) in [6.45, 7) is 10.3. The molecule has 2 saturated carbocycles. The highest BCUT2D eigenvalue weighted by atomic mass is 16.5. The second-order valence-corrected chi connectivity index (χ2v) is 7.34. The van der Waals surface area contributed by atoms with E-state index < -0.39 is 0 Å². The predicted molar refractivity (Wildman–Crippen MR) is 80.5 cm³/mol. The van der Waals surface area contributed by atoms with Gasteiger partial charge in [0.2, 0.25) is 5.91 Å². The number of hydrogen-bond acceptors (Lipinski definition) is 3. The lowest BCUT2D eigenvalue weighted by Gasteiger charge is -2.40. The van der Waals surface area contributed by atoms with E-state index in [0.29, 0.717) is 30.0 Å². The number of carbonyl (C=O) groups is 1. The van der Waals surface area contributed by atoms with Gasteiger partial charge in [-0.15, -0.1) is 0 Å². The van der Waals surface area contributed by atoms with Crippen LogP contribution in [0.3, 0.4) is 0 Å². The van der Waals surface area contributed by atoms with Gasteiger partial charge in [0.05, 0.1) is 12.6 Å². The molecule has 0 spiro atoms. The summed E-state index contributed by atoms with van der Waals surface area (Å²) in [4.78, 5) is 12.0. The summed E-state index contributed by atoms with van der Waals surface area (Å²) in [6.07, 6.45) is 3.83. The molecule has 0 radical (unpaired) electrons. The Hall–Kier alpha value is -0.610. The van der Waals surface area contributed by atoms with Crippen molar-refractivity contribution in [3.05, 3.63) is 0 Å². The highest BCUT2D eigenvalue weighted by Crippen LogP contribution is 2.65. The number of ether oxygens (including phenoxy) is 1. The zero-order valence-electron chi connectivity index (χ0n) is 13.6. The molecule has 4 heteroatoms. The van der Waals surface area contributed by atoms with Gasteiger partial charge in [0.15, 0.2) is 0 Å². The van der Waals surface area contributed by atoms with Gasteiger partial charge >= 0.3 is 0 Å². The van der Waals surface area contributed by atoms with Crippen LogP contribution in [0.5, 0.6) is 0 Å². The van der Waals surface area contributed by atoms with Crippen LogP contribution < -0.4 is 10.6 Å². The van der Waals surface area contributed by atoms with E-state index in [1.165, 1.54) is 19.3 Å². The third-order valence-electron chi connectivity index (χ3n) is 6.24. The van der Waals surface area contributed by atoms with Crippen LogP contribution in [0.1, 0.15) is 47.0 Å². The highest BCUT2D eigenvalue weighted by Gasteiger charge is 2.61. The van der Waals surface area contributed by atoms with Gasteiger partial charge in [0.1, 0.15) is 0 Å². The lowest BCUT2D eigenvalue weighted by molar-refractivity contribution is -0.123. The number of amides is 1. The molecule has 0 saturated heterocycles. The quantitative estimate of drug-likeness (QED) is 0.732. The summed E-state index contributed by atoms with van der Waals surface area (Å²) in [7, 11) is 1.64. The maximum absolute atomic E-state index is 12.0. The zero-order chi connectivity index (χ0) is 15.0. The highest BCUT2D eigenvalue weighted by molar-refractivity contribution is 5.81. The number of hydrogen-bond donors (Lipinski definition) is 2. The Morgan fingerprint density at radius 2 is 2.10 bits per heavy atom. The van der Waals surface area contributed by atoms with Crippen LogP contribution in [-0.2, 0) is 9.53 Å². The van der Waals surface area contributed by atoms with Crippen LogP contribution in [0.25, 0.3) is 0 Å². The van der Waals surface area contributed by atoms with Crippen molar-refractivity contribution in [1.29, 1.82) is 0 Å². The summed E-state index contributed by atoms with van der Waals surface area (Å²) in [5.74, 6) is 0.875. The second-order valence-electron chi connectivity index (χ2n) is 7.34. The molecule has 2 aliphatic carbocycles. The number of fused-ring (bicyclic) bond motifs is 2. The third kappa shape index (κ3) is 2.48. The molecule has 2 bridgehead atoms. The average molecular weight is 282 g/mol. The van der Waals surface area contributed by atoms with Crippen molar-refractivity contribution >= 4 is 5.91 Å². The monoisotopic (exact) mass is 282 g/mol. The van der Waals surface area contributed by atoms with E-state index in [9.17, 15) is 4.79 Å². The molecule has 2 fully saturated rings. The van der Waals surface area contributed by atoms with Crippen molar-refractivity contribution in [2.45, 2.75) is 59.0 Å². The first-order chi connectivity index (χ1) is 9.33. The summed E-state index contributed by atoms with van der Waals surface area (Å²) in [5.41, 5.74) is 0.704.